The van der Waals surface area contributed by atoms with Gasteiger partial charge in [-0.25, -0.2) is 0 Å². The van der Waals surface area contributed by atoms with Crippen LogP contribution < -0.4 is 4.90 Å². The minimum Gasteiger partial charge on any atom is -0.339 e. The van der Waals surface area contributed by atoms with E-state index in [0.29, 0.717) is 5.92 Å². The SMILES string of the molecule is C/C=C(/C=C/C=C\C=C/C(C)C)\C=C(/C)P.C/C=C(\C)N(c1ccccc1)C1C=CC(c2cc(-c3ccc(C)cc3)cc(-n3c4ccccc4c4ccccc43)c2)=CC1.C=CC. The largest absolute Gasteiger partial charge is 0.339 e. The Morgan fingerprint density at radius 1 is 0.726 bits per heavy atom. The summed E-state index contributed by atoms with van der Waals surface area (Å²) in [7, 11) is 2.69. The van der Waals surface area contributed by atoms with E-state index < -0.39 is 0 Å². The van der Waals surface area contributed by atoms with Crippen LogP contribution in [0.5, 0.6) is 0 Å². The van der Waals surface area contributed by atoms with Crippen molar-refractivity contribution in [2.75, 3.05) is 4.90 Å². The summed E-state index contributed by atoms with van der Waals surface area (Å²) in [5.74, 6) is 0.613. The van der Waals surface area contributed by atoms with Gasteiger partial charge < -0.3 is 9.47 Å². The fourth-order valence-electron chi connectivity index (χ4n) is 7.49. The number of fused-ring (bicyclic) bond motifs is 3. The van der Waals surface area contributed by atoms with Crippen LogP contribution in [-0.4, -0.2) is 10.6 Å². The highest BCUT2D eigenvalue weighted by atomic mass is 31.0. The molecular formula is C59H65N2P. The van der Waals surface area contributed by atoms with Crippen molar-refractivity contribution in [3.8, 4) is 16.8 Å². The number of para-hydroxylation sites is 3. The van der Waals surface area contributed by atoms with Crippen molar-refractivity contribution in [1.82, 2.24) is 4.57 Å². The van der Waals surface area contributed by atoms with E-state index in [2.05, 4.69) is 255 Å². The lowest BCUT2D eigenvalue weighted by Crippen LogP contribution is -2.32. The molecule has 3 heteroatoms. The average Bonchev–Trinajstić information content (AvgIpc) is 3.62. The van der Waals surface area contributed by atoms with Gasteiger partial charge in [-0.15, -0.1) is 15.8 Å². The molecule has 0 amide bonds. The highest BCUT2D eigenvalue weighted by molar-refractivity contribution is 7.22. The van der Waals surface area contributed by atoms with Crippen molar-refractivity contribution in [3.63, 3.8) is 0 Å². The topological polar surface area (TPSA) is 8.17 Å². The monoisotopic (exact) mass is 832 g/mol. The number of allylic oxidation sites excluding steroid dienone is 15. The summed E-state index contributed by atoms with van der Waals surface area (Å²) >= 11 is 0. The summed E-state index contributed by atoms with van der Waals surface area (Å²) in [6.45, 7) is 20.2. The second-order valence-electron chi connectivity index (χ2n) is 15.9. The Morgan fingerprint density at radius 3 is 1.89 bits per heavy atom. The Hall–Kier alpha value is -6.21. The summed E-state index contributed by atoms with van der Waals surface area (Å²) in [6, 6.07) is 44.4. The fraction of sp³-hybridized carbons (Fsp3) is 0.186. The van der Waals surface area contributed by atoms with Gasteiger partial charge in [0.15, 0.2) is 0 Å². The molecule has 6 aromatic rings. The maximum absolute atomic E-state index is 3.36. The molecule has 0 spiro atoms. The second kappa shape index (κ2) is 23.7. The quantitative estimate of drug-likeness (QED) is 0.0717. The summed E-state index contributed by atoms with van der Waals surface area (Å²) < 4.78 is 2.42. The number of aromatic nitrogens is 1. The lowest BCUT2D eigenvalue weighted by atomic mass is 9.92. The Morgan fingerprint density at radius 2 is 1.32 bits per heavy atom. The Balaban J connectivity index is 0.000000323. The highest BCUT2D eigenvalue weighted by Crippen LogP contribution is 2.37. The van der Waals surface area contributed by atoms with E-state index in [-0.39, 0.29) is 6.04 Å². The molecule has 1 aromatic heterocycles. The number of hydrogen-bond donors (Lipinski definition) is 0. The normalized spacial score (nSPS) is 14.6. The third-order valence-electron chi connectivity index (χ3n) is 10.6. The Bertz CT molecular complexity index is 2600. The first-order valence-electron chi connectivity index (χ1n) is 21.8. The molecule has 0 N–H and O–H groups in total. The zero-order chi connectivity index (χ0) is 44.4. The summed E-state index contributed by atoms with van der Waals surface area (Å²) in [4.78, 5) is 2.44. The first-order chi connectivity index (χ1) is 30.1. The van der Waals surface area contributed by atoms with E-state index in [9.17, 15) is 0 Å². The van der Waals surface area contributed by atoms with E-state index >= 15 is 0 Å². The maximum Gasteiger partial charge on any atom is 0.0556 e. The van der Waals surface area contributed by atoms with Crippen LogP contribution >= 0.6 is 9.24 Å². The van der Waals surface area contributed by atoms with Gasteiger partial charge in [0, 0.05) is 27.8 Å². The number of hydrogen-bond acceptors (Lipinski definition) is 1. The van der Waals surface area contributed by atoms with Crippen molar-refractivity contribution < 1.29 is 0 Å². The van der Waals surface area contributed by atoms with Gasteiger partial charge in [-0.2, -0.15) is 0 Å². The van der Waals surface area contributed by atoms with E-state index in [1.165, 1.54) is 77.6 Å². The molecule has 2 nitrogen and oxygen atoms in total. The number of aryl methyl sites for hydroxylation is 1. The van der Waals surface area contributed by atoms with Crippen LogP contribution in [0.15, 0.2) is 223 Å². The van der Waals surface area contributed by atoms with Crippen LogP contribution in [0.3, 0.4) is 0 Å². The van der Waals surface area contributed by atoms with Gasteiger partial charge in [0.25, 0.3) is 0 Å². The zero-order valence-electron chi connectivity index (χ0n) is 38.1. The minimum atomic E-state index is 0.263. The van der Waals surface area contributed by atoms with Gasteiger partial charge in [-0.05, 0) is 124 Å². The zero-order valence-corrected chi connectivity index (χ0v) is 39.2. The van der Waals surface area contributed by atoms with Crippen LogP contribution in [0.25, 0.3) is 44.2 Å². The van der Waals surface area contributed by atoms with E-state index in [1.54, 1.807) is 6.08 Å². The molecule has 5 aromatic carbocycles. The molecule has 62 heavy (non-hydrogen) atoms. The number of anilines is 1. The Labute approximate surface area is 375 Å². The molecule has 0 bridgehead atoms. The molecule has 1 heterocycles. The lowest BCUT2D eigenvalue weighted by Gasteiger charge is -2.33. The highest BCUT2D eigenvalue weighted by Gasteiger charge is 2.21. The molecule has 1 aliphatic rings. The molecule has 0 saturated carbocycles. The predicted octanol–water partition coefficient (Wildman–Crippen LogP) is 17.1. The maximum atomic E-state index is 3.36. The van der Waals surface area contributed by atoms with Gasteiger partial charge in [0.05, 0.1) is 17.1 Å². The molecule has 0 radical (unpaired) electrons. The summed E-state index contributed by atoms with van der Waals surface area (Å²) in [5.41, 5.74) is 13.6. The van der Waals surface area contributed by atoms with Gasteiger partial charge >= 0.3 is 0 Å². The molecule has 1 aliphatic carbocycles. The molecule has 0 fully saturated rings. The van der Waals surface area contributed by atoms with Gasteiger partial charge in [-0.1, -0.05) is 183 Å². The summed E-state index contributed by atoms with van der Waals surface area (Å²) in [6.07, 6.45) is 28.7. The van der Waals surface area contributed by atoms with Crippen molar-refractivity contribution >= 4 is 42.3 Å². The summed E-state index contributed by atoms with van der Waals surface area (Å²) in [5, 5.41) is 3.79. The Kier molecular flexibility index (Phi) is 17.9. The second-order valence-corrected chi connectivity index (χ2v) is 16.8. The van der Waals surface area contributed by atoms with Gasteiger partial charge in [0.1, 0.15) is 0 Å². The average molecular weight is 833 g/mol. The third-order valence-corrected chi connectivity index (χ3v) is 10.7. The molecule has 0 aliphatic heterocycles. The number of benzene rings is 5. The van der Waals surface area contributed by atoms with E-state index in [0.717, 1.165) is 6.42 Å². The van der Waals surface area contributed by atoms with E-state index in [1.807, 2.05) is 19.9 Å². The van der Waals surface area contributed by atoms with Gasteiger partial charge in [0.2, 0.25) is 0 Å². The standard InChI is InChI=1S/C41H36N2.C15H23P.C3H6/c1-4-30(3)42(35-12-6-5-7-13-35)36-24-22-32(23-25-36)34-26-33(31-20-18-29(2)19-21-31)27-37(28-34)43-40-16-10-8-14-38(40)39-15-9-11-17-41(39)43;1-5-15(12-14(4)16)11-9-7-6-8-10-13(2)3;1-3-2/h4-24,26-28,36H,25H2,1-3H3;5-13H,16H2,1-4H3;3H,1H2,2H3/b30-4+;7-6-,10-8-,11-9+,14-12+,15-5-;. The van der Waals surface area contributed by atoms with Crippen molar-refractivity contribution in [3.05, 3.63) is 235 Å². The van der Waals surface area contributed by atoms with Crippen LogP contribution in [0.1, 0.15) is 66.0 Å². The van der Waals surface area contributed by atoms with Crippen LogP contribution in [0.2, 0.25) is 0 Å². The van der Waals surface area contributed by atoms with Gasteiger partial charge in [-0.3, -0.25) is 0 Å². The predicted molar refractivity (Wildman–Crippen MR) is 280 cm³/mol. The number of nitrogens with zero attached hydrogens (tertiary/aromatic N) is 2. The lowest BCUT2D eigenvalue weighted by molar-refractivity contribution is 0.753. The molecular weight excluding hydrogens is 768 g/mol. The van der Waals surface area contributed by atoms with Crippen molar-refractivity contribution in [1.29, 1.82) is 0 Å². The molecule has 2 atom stereocenters. The molecule has 316 valence electrons. The van der Waals surface area contributed by atoms with Crippen LogP contribution in [0, 0.1) is 12.8 Å². The molecule has 0 saturated heterocycles. The van der Waals surface area contributed by atoms with Crippen LogP contribution in [-0.2, 0) is 0 Å². The first-order valence-corrected chi connectivity index (χ1v) is 22.4. The number of rotatable bonds is 11. The fourth-order valence-corrected chi connectivity index (χ4v) is 7.68. The molecule has 2 unspecified atom stereocenters. The van der Waals surface area contributed by atoms with Crippen molar-refractivity contribution in [2.45, 2.75) is 67.9 Å². The molecule has 7 rings (SSSR count). The minimum absolute atomic E-state index is 0.263. The smallest absolute Gasteiger partial charge is 0.0556 e. The van der Waals surface area contributed by atoms with Crippen LogP contribution in [0.4, 0.5) is 5.69 Å². The third kappa shape index (κ3) is 12.7. The first kappa shape index (κ1) is 46.8. The van der Waals surface area contributed by atoms with Crippen molar-refractivity contribution in [2.24, 2.45) is 5.92 Å². The van der Waals surface area contributed by atoms with E-state index in [4.69, 9.17) is 0 Å².